The molecule has 0 aliphatic carbocycles. The second kappa shape index (κ2) is 4.98. The van der Waals surface area contributed by atoms with E-state index in [4.69, 9.17) is 9.47 Å². The fourth-order valence-electron chi connectivity index (χ4n) is 1.41. The van der Waals surface area contributed by atoms with E-state index >= 15 is 0 Å². The molecule has 0 aromatic heterocycles. The topological polar surface area (TPSA) is 21.7 Å². The largest absolute Gasteiger partial charge is 0.478 e. The second-order valence-corrected chi connectivity index (χ2v) is 3.32. The van der Waals surface area contributed by atoms with Crippen LogP contribution in [0.1, 0.15) is 0 Å². The zero-order valence-electron chi connectivity index (χ0n) is 8.19. The third-order valence-electron chi connectivity index (χ3n) is 2.26. The quantitative estimate of drug-likeness (QED) is 0.723. The first kappa shape index (κ1) is 9.49. The van der Waals surface area contributed by atoms with Gasteiger partial charge in [0, 0.05) is 13.1 Å². The minimum absolute atomic E-state index is 0.660. The minimum Gasteiger partial charge on any atom is -0.478 e. The van der Waals surface area contributed by atoms with E-state index in [9.17, 15) is 0 Å². The van der Waals surface area contributed by atoms with Crippen molar-refractivity contribution >= 4 is 0 Å². The Labute approximate surface area is 84.2 Å². The molecule has 14 heavy (non-hydrogen) atoms. The molecular formula is C11H15NO2. The normalized spacial score (nSPS) is 18.0. The summed E-state index contributed by atoms with van der Waals surface area (Å²) in [6.07, 6.45) is 0. The highest BCUT2D eigenvalue weighted by atomic mass is 16.5. The number of hydrogen-bond acceptors (Lipinski definition) is 3. The van der Waals surface area contributed by atoms with Crippen LogP contribution in [-0.4, -0.2) is 37.9 Å². The fourth-order valence-corrected chi connectivity index (χ4v) is 1.41. The van der Waals surface area contributed by atoms with Crippen molar-refractivity contribution in [2.75, 3.05) is 33.0 Å². The average molecular weight is 193 g/mol. The Balaban J connectivity index is 1.76. The van der Waals surface area contributed by atoms with Gasteiger partial charge in [-0.25, -0.2) is 0 Å². The number of hydrogen-bond donors (Lipinski definition) is 0. The highest BCUT2D eigenvalue weighted by Gasteiger charge is 2.09. The number of morpholine rings is 1. The number of para-hydroxylation sites is 1. The molecule has 1 aromatic carbocycles. The maximum Gasteiger partial charge on any atom is 0.142 e. The van der Waals surface area contributed by atoms with E-state index in [0.29, 0.717) is 6.73 Å². The molecular weight excluding hydrogens is 178 g/mol. The monoisotopic (exact) mass is 193 g/mol. The van der Waals surface area contributed by atoms with Gasteiger partial charge in [0.05, 0.1) is 13.2 Å². The summed E-state index contributed by atoms with van der Waals surface area (Å²) in [5.74, 6) is 0.930. The van der Waals surface area contributed by atoms with Crippen molar-refractivity contribution in [3.63, 3.8) is 0 Å². The maximum absolute atomic E-state index is 5.62. The molecule has 0 N–H and O–H groups in total. The van der Waals surface area contributed by atoms with Crippen LogP contribution < -0.4 is 4.74 Å². The SMILES string of the molecule is c1ccc(OCN2CCOCC2)cc1. The molecule has 1 fully saturated rings. The lowest BCUT2D eigenvalue weighted by Crippen LogP contribution is -2.38. The third-order valence-corrected chi connectivity index (χ3v) is 2.26. The van der Waals surface area contributed by atoms with Crippen LogP contribution in [0.15, 0.2) is 30.3 Å². The number of nitrogens with zero attached hydrogens (tertiary/aromatic N) is 1. The molecule has 0 unspecified atom stereocenters. The van der Waals surface area contributed by atoms with Gasteiger partial charge in [-0.15, -0.1) is 0 Å². The lowest BCUT2D eigenvalue weighted by atomic mass is 10.3. The molecule has 1 heterocycles. The predicted molar refractivity (Wildman–Crippen MR) is 54.3 cm³/mol. The standard InChI is InChI=1S/C11H15NO2/c1-2-4-11(5-3-1)14-10-12-6-8-13-9-7-12/h1-5H,6-10H2. The third kappa shape index (κ3) is 2.72. The van der Waals surface area contributed by atoms with Crippen molar-refractivity contribution < 1.29 is 9.47 Å². The molecule has 3 heteroatoms. The maximum atomic E-state index is 5.62. The number of ether oxygens (including phenoxy) is 2. The summed E-state index contributed by atoms with van der Waals surface area (Å²) in [5.41, 5.74) is 0. The lowest BCUT2D eigenvalue weighted by molar-refractivity contribution is 0.00407. The van der Waals surface area contributed by atoms with Gasteiger partial charge in [0.2, 0.25) is 0 Å². The van der Waals surface area contributed by atoms with Gasteiger partial charge in [-0.1, -0.05) is 18.2 Å². The van der Waals surface area contributed by atoms with Crippen molar-refractivity contribution in [1.29, 1.82) is 0 Å². The van der Waals surface area contributed by atoms with Crippen molar-refractivity contribution in [3.05, 3.63) is 30.3 Å². The average Bonchev–Trinajstić information content (AvgIpc) is 2.29. The van der Waals surface area contributed by atoms with Gasteiger partial charge in [-0.3, -0.25) is 4.90 Å². The van der Waals surface area contributed by atoms with Crippen LogP contribution in [0, 0.1) is 0 Å². The van der Waals surface area contributed by atoms with Crippen molar-refractivity contribution in [1.82, 2.24) is 4.90 Å². The summed E-state index contributed by atoms with van der Waals surface area (Å²) in [4.78, 5) is 2.25. The van der Waals surface area contributed by atoms with Crippen LogP contribution in [0.5, 0.6) is 5.75 Å². The Kier molecular flexibility index (Phi) is 3.38. The Morgan fingerprint density at radius 1 is 1.14 bits per heavy atom. The minimum atomic E-state index is 0.660. The van der Waals surface area contributed by atoms with E-state index in [0.717, 1.165) is 32.1 Å². The molecule has 2 rings (SSSR count). The Morgan fingerprint density at radius 2 is 1.86 bits per heavy atom. The molecule has 0 saturated carbocycles. The number of benzene rings is 1. The van der Waals surface area contributed by atoms with Gasteiger partial charge in [0.25, 0.3) is 0 Å². The first-order valence-corrected chi connectivity index (χ1v) is 4.93. The van der Waals surface area contributed by atoms with Crippen LogP contribution in [0.3, 0.4) is 0 Å². The molecule has 76 valence electrons. The molecule has 1 saturated heterocycles. The summed E-state index contributed by atoms with van der Waals surface area (Å²) in [6.45, 7) is 4.23. The second-order valence-electron chi connectivity index (χ2n) is 3.32. The summed E-state index contributed by atoms with van der Waals surface area (Å²) < 4.78 is 10.9. The van der Waals surface area contributed by atoms with Gasteiger partial charge in [0.1, 0.15) is 12.5 Å². The first-order chi connectivity index (χ1) is 6.95. The molecule has 0 atom stereocenters. The van der Waals surface area contributed by atoms with E-state index in [2.05, 4.69) is 4.90 Å². The van der Waals surface area contributed by atoms with Crippen molar-refractivity contribution in [2.24, 2.45) is 0 Å². The van der Waals surface area contributed by atoms with Crippen LogP contribution in [-0.2, 0) is 4.74 Å². The Hall–Kier alpha value is -1.06. The van der Waals surface area contributed by atoms with E-state index in [1.54, 1.807) is 0 Å². The highest BCUT2D eigenvalue weighted by Crippen LogP contribution is 2.09. The zero-order valence-corrected chi connectivity index (χ0v) is 8.19. The Bertz CT molecular complexity index is 257. The van der Waals surface area contributed by atoms with Gasteiger partial charge in [-0.2, -0.15) is 0 Å². The molecule has 0 spiro atoms. The summed E-state index contributed by atoms with van der Waals surface area (Å²) in [7, 11) is 0. The van der Waals surface area contributed by atoms with Gasteiger partial charge in [0.15, 0.2) is 0 Å². The summed E-state index contributed by atoms with van der Waals surface area (Å²) >= 11 is 0. The smallest absolute Gasteiger partial charge is 0.142 e. The molecule has 1 aliphatic rings. The fraction of sp³-hybridized carbons (Fsp3) is 0.455. The van der Waals surface area contributed by atoms with Crippen molar-refractivity contribution in [2.45, 2.75) is 0 Å². The van der Waals surface area contributed by atoms with Crippen LogP contribution >= 0.6 is 0 Å². The van der Waals surface area contributed by atoms with E-state index < -0.39 is 0 Å². The summed E-state index contributed by atoms with van der Waals surface area (Å²) in [6, 6.07) is 9.89. The van der Waals surface area contributed by atoms with E-state index in [1.165, 1.54) is 0 Å². The van der Waals surface area contributed by atoms with Gasteiger partial charge in [-0.05, 0) is 12.1 Å². The van der Waals surface area contributed by atoms with E-state index in [-0.39, 0.29) is 0 Å². The van der Waals surface area contributed by atoms with E-state index in [1.807, 2.05) is 30.3 Å². The molecule has 1 aromatic rings. The zero-order chi connectivity index (χ0) is 9.64. The van der Waals surface area contributed by atoms with Crippen molar-refractivity contribution in [3.8, 4) is 5.75 Å². The molecule has 1 aliphatic heterocycles. The molecule has 0 bridgehead atoms. The first-order valence-electron chi connectivity index (χ1n) is 4.93. The number of rotatable bonds is 3. The van der Waals surface area contributed by atoms with Crippen LogP contribution in [0.2, 0.25) is 0 Å². The van der Waals surface area contributed by atoms with Gasteiger partial charge >= 0.3 is 0 Å². The molecule has 3 nitrogen and oxygen atoms in total. The van der Waals surface area contributed by atoms with Crippen LogP contribution in [0.25, 0.3) is 0 Å². The highest BCUT2D eigenvalue weighted by molar-refractivity contribution is 5.20. The predicted octanol–water partition coefficient (Wildman–Crippen LogP) is 1.36. The van der Waals surface area contributed by atoms with Crippen LogP contribution in [0.4, 0.5) is 0 Å². The van der Waals surface area contributed by atoms with Gasteiger partial charge < -0.3 is 9.47 Å². The molecule has 0 amide bonds. The lowest BCUT2D eigenvalue weighted by Gasteiger charge is -2.26. The Morgan fingerprint density at radius 3 is 2.57 bits per heavy atom. The molecule has 0 radical (unpaired) electrons. The summed E-state index contributed by atoms with van der Waals surface area (Å²) in [5, 5.41) is 0.